The fourth-order valence-electron chi connectivity index (χ4n) is 1.64. The molecule has 0 aliphatic heterocycles. The van der Waals surface area contributed by atoms with Crippen molar-refractivity contribution in [3.8, 4) is 0 Å². The van der Waals surface area contributed by atoms with E-state index < -0.39 is 24.4 Å². The normalized spacial score (nSPS) is 12.0. The van der Waals surface area contributed by atoms with Gasteiger partial charge in [-0.2, -0.15) is 13.2 Å². The molecule has 0 atom stereocenters. The number of halogens is 4. The molecule has 0 fully saturated rings. The maximum absolute atomic E-state index is 13.3. The van der Waals surface area contributed by atoms with Gasteiger partial charge < -0.3 is 9.15 Å². The van der Waals surface area contributed by atoms with Crippen LogP contribution >= 0.6 is 0 Å². The molecular weight excluding hydrogens is 280 g/mol. The number of hydrogen-bond acceptors (Lipinski definition) is 3. The molecule has 1 aromatic heterocycles. The van der Waals surface area contributed by atoms with Gasteiger partial charge in [0.15, 0.2) is 22.9 Å². The number of alkyl halides is 3. The zero-order chi connectivity index (χ0) is 14.8. The molecule has 1 aromatic carbocycles. The van der Waals surface area contributed by atoms with Crippen LogP contribution in [0.3, 0.4) is 0 Å². The lowest BCUT2D eigenvalue weighted by Gasteiger charge is -2.06. The summed E-state index contributed by atoms with van der Waals surface area (Å²) in [6, 6.07) is 5.57. The molecule has 1 heterocycles. The van der Waals surface area contributed by atoms with Crippen LogP contribution in [0, 0.1) is 5.82 Å². The number of ketones is 1. The Morgan fingerprint density at radius 2 is 2.05 bits per heavy atom. The van der Waals surface area contributed by atoms with E-state index in [4.69, 9.17) is 4.42 Å². The average Bonchev–Trinajstić information content (AvgIpc) is 2.79. The predicted molar refractivity (Wildman–Crippen MR) is 62.0 cm³/mol. The van der Waals surface area contributed by atoms with Crippen LogP contribution in [-0.4, -0.2) is 25.2 Å². The molecule has 7 heteroatoms. The number of ether oxygens (including phenoxy) is 1. The molecule has 108 valence electrons. The first-order chi connectivity index (χ1) is 9.37. The largest absolute Gasteiger partial charge is 0.450 e. The van der Waals surface area contributed by atoms with Crippen molar-refractivity contribution in [2.45, 2.75) is 12.6 Å². The SMILES string of the molecule is O=C(CCOCC(F)(F)F)c1cc2cccc(F)c2o1. The number of furan rings is 1. The third kappa shape index (κ3) is 3.57. The van der Waals surface area contributed by atoms with Crippen LogP contribution < -0.4 is 0 Å². The van der Waals surface area contributed by atoms with E-state index in [-0.39, 0.29) is 24.4 Å². The highest BCUT2D eigenvalue weighted by atomic mass is 19.4. The zero-order valence-electron chi connectivity index (χ0n) is 10.2. The van der Waals surface area contributed by atoms with Crippen LogP contribution in [0.25, 0.3) is 11.0 Å². The number of Topliss-reactive ketones (excluding diaryl/α,β-unsaturated/α-hetero) is 1. The van der Waals surface area contributed by atoms with Crippen molar-refractivity contribution in [1.82, 2.24) is 0 Å². The second-order valence-corrected chi connectivity index (χ2v) is 4.11. The lowest BCUT2D eigenvalue weighted by molar-refractivity contribution is -0.173. The van der Waals surface area contributed by atoms with Crippen LogP contribution in [0.15, 0.2) is 28.7 Å². The first kappa shape index (κ1) is 14.5. The quantitative estimate of drug-likeness (QED) is 0.478. The van der Waals surface area contributed by atoms with E-state index in [1.54, 1.807) is 6.07 Å². The third-order valence-corrected chi connectivity index (χ3v) is 2.51. The van der Waals surface area contributed by atoms with E-state index in [2.05, 4.69) is 4.74 Å². The van der Waals surface area contributed by atoms with Crippen molar-refractivity contribution in [2.24, 2.45) is 0 Å². The smallest absolute Gasteiger partial charge is 0.411 e. The van der Waals surface area contributed by atoms with Gasteiger partial charge in [-0.3, -0.25) is 4.79 Å². The van der Waals surface area contributed by atoms with E-state index in [9.17, 15) is 22.4 Å². The van der Waals surface area contributed by atoms with Crippen molar-refractivity contribution in [2.75, 3.05) is 13.2 Å². The first-order valence-electron chi connectivity index (χ1n) is 5.72. The minimum atomic E-state index is -4.43. The van der Waals surface area contributed by atoms with Crippen LogP contribution in [0.2, 0.25) is 0 Å². The second kappa shape index (κ2) is 5.62. The highest BCUT2D eigenvalue weighted by molar-refractivity contribution is 5.97. The molecule has 0 amide bonds. The number of hydrogen-bond donors (Lipinski definition) is 0. The van der Waals surface area contributed by atoms with Crippen LogP contribution in [0.4, 0.5) is 17.6 Å². The first-order valence-corrected chi connectivity index (χ1v) is 5.72. The number of carbonyl (C=O) groups is 1. The molecule has 0 aliphatic carbocycles. The fraction of sp³-hybridized carbons (Fsp3) is 0.308. The summed E-state index contributed by atoms with van der Waals surface area (Å²) in [4.78, 5) is 11.7. The molecule has 20 heavy (non-hydrogen) atoms. The maximum Gasteiger partial charge on any atom is 0.411 e. The van der Waals surface area contributed by atoms with Gasteiger partial charge in [-0.05, 0) is 12.1 Å². The van der Waals surface area contributed by atoms with Crippen molar-refractivity contribution in [3.05, 3.63) is 35.8 Å². The summed E-state index contributed by atoms with van der Waals surface area (Å²) in [5.74, 6) is -1.24. The molecule has 0 saturated heterocycles. The van der Waals surface area contributed by atoms with Crippen molar-refractivity contribution in [3.63, 3.8) is 0 Å². The van der Waals surface area contributed by atoms with Crippen LogP contribution in [0.1, 0.15) is 17.0 Å². The molecule has 0 N–H and O–H groups in total. The van der Waals surface area contributed by atoms with Gasteiger partial charge in [0.2, 0.25) is 0 Å². The molecule has 0 saturated carbocycles. The Morgan fingerprint density at radius 3 is 2.70 bits per heavy atom. The Kier molecular flexibility index (Phi) is 4.08. The predicted octanol–water partition coefficient (Wildman–Crippen LogP) is 3.72. The Hall–Kier alpha value is -1.89. The number of para-hydroxylation sites is 1. The Labute approximate surface area is 111 Å². The summed E-state index contributed by atoms with van der Waals surface area (Å²) >= 11 is 0. The van der Waals surface area contributed by atoms with Gasteiger partial charge in [-0.1, -0.05) is 12.1 Å². The second-order valence-electron chi connectivity index (χ2n) is 4.11. The van der Waals surface area contributed by atoms with E-state index in [1.807, 2.05) is 0 Å². The number of rotatable bonds is 5. The van der Waals surface area contributed by atoms with E-state index >= 15 is 0 Å². The minimum Gasteiger partial charge on any atom is -0.450 e. The van der Waals surface area contributed by atoms with Crippen molar-refractivity contribution < 1.29 is 31.5 Å². The highest BCUT2D eigenvalue weighted by Gasteiger charge is 2.27. The van der Waals surface area contributed by atoms with Gasteiger partial charge in [0.1, 0.15) is 6.61 Å². The lowest BCUT2D eigenvalue weighted by atomic mass is 10.2. The van der Waals surface area contributed by atoms with Gasteiger partial charge in [0, 0.05) is 11.8 Å². The van der Waals surface area contributed by atoms with Gasteiger partial charge in [-0.25, -0.2) is 4.39 Å². The van der Waals surface area contributed by atoms with Gasteiger partial charge in [-0.15, -0.1) is 0 Å². The summed E-state index contributed by atoms with van der Waals surface area (Å²) in [5.41, 5.74) is -0.0490. The number of benzene rings is 1. The molecule has 2 rings (SSSR count). The summed E-state index contributed by atoms with van der Waals surface area (Å²) in [6.45, 7) is -1.78. The van der Waals surface area contributed by atoms with E-state index in [0.717, 1.165) is 0 Å². The summed E-state index contributed by atoms with van der Waals surface area (Å²) in [5, 5.41) is 0.421. The molecule has 2 aromatic rings. The Balaban J connectivity index is 1.96. The van der Waals surface area contributed by atoms with Crippen LogP contribution in [0.5, 0.6) is 0 Å². The highest BCUT2D eigenvalue weighted by Crippen LogP contribution is 2.23. The molecular formula is C13H10F4O3. The minimum absolute atomic E-state index is 0.0490. The third-order valence-electron chi connectivity index (χ3n) is 2.51. The summed E-state index contributed by atoms with van der Waals surface area (Å²) < 4.78 is 58.2. The molecule has 0 spiro atoms. The molecule has 3 nitrogen and oxygen atoms in total. The topological polar surface area (TPSA) is 39.4 Å². The van der Waals surface area contributed by atoms with Gasteiger partial charge in [0.25, 0.3) is 0 Å². The number of carbonyl (C=O) groups excluding carboxylic acids is 1. The molecule has 0 aliphatic rings. The zero-order valence-corrected chi connectivity index (χ0v) is 10.2. The van der Waals surface area contributed by atoms with Gasteiger partial charge >= 0.3 is 6.18 Å². The molecule has 0 unspecified atom stereocenters. The van der Waals surface area contributed by atoms with E-state index in [0.29, 0.717) is 5.39 Å². The monoisotopic (exact) mass is 290 g/mol. The fourth-order valence-corrected chi connectivity index (χ4v) is 1.64. The van der Waals surface area contributed by atoms with Crippen LogP contribution in [-0.2, 0) is 4.74 Å². The molecule has 0 bridgehead atoms. The Bertz CT molecular complexity index is 616. The van der Waals surface area contributed by atoms with Gasteiger partial charge in [0.05, 0.1) is 6.61 Å². The Morgan fingerprint density at radius 1 is 1.30 bits per heavy atom. The average molecular weight is 290 g/mol. The standard InChI is InChI=1S/C13H10F4O3/c14-9-3-1-2-8-6-11(20-12(8)9)10(18)4-5-19-7-13(15,16)17/h1-3,6H,4-5,7H2. The lowest BCUT2D eigenvalue weighted by Crippen LogP contribution is -2.18. The maximum atomic E-state index is 13.3. The van der Waals surface area contributed by atoms with Crippen molar-refractivity contribution in [1.29, 1.82) is 0 Å². The number of fused-ring (bicyclic) bond motifs is 1. The molecule has 0 radical (unpaired) electrons. The summed E-state index contributed by atoms with van der Waals surface area (Å²) in [6.07, 6.45) is -4.69. The van der Waals surface area contributed by atoms with E-state index in [1.165, 1.54) is 18.2 Å². The summed E-state index contributed by atoms with van der Waals surface area (Å²) in [7, 11) is 0. The van der Waals surface area contributed by atoms with Crippen molar-refractivity contribution >= 4 is 16.8 Å².